The van der Waals surface area contributed by atoms with Gasteiger partial charge in [0, 0.05) is 22.8 Å². The number of carbonyl (C=O) groups excluding carboxylic acids is 1. The lowest BCUT2D eigenvalue weighted by atomic mass is 10.3. The average Bonchev–Trinajstić information content (AvgIpc) is 2.80. The van der Waals surface area contributed by atoms with Crippen LogP contribution < -0.4 is 11.1 Å². The van der Waals surface area contributed by atoms with Crippen LogP contribution in [0.2, 0.25) is 0 Å². The largest absolute Gasteiger partial charge is 0.330 e. The van der Waals surface area contributed by atoms with Crippen molar-refractivity contribution in [2.24, 2.45) is 5.73 Å². The molecule has 7 heteroatoms. The molecule has 100 valence electrons. The average molecular weight is 324 g/mol. The summed E-state index contributed by atoms with van der Waals surface area (Å²) in [6.45, 7) is 0.650. The second kappa shape index (κ2) is 6.44. The number of nitrogens with zero attached hydrogens (tertiary/aromatic N) is 3. The number of carbonyl (C=O) groups is 1. The van der Waals surface area contributed by atoms with Gasteiger partial charge in [-0.3, -0.25) is 4.79 Å². The number of anilines is 1. The Bertz CT molecular complexity index is 552. The molecule has 0 spiro atoms. The molecular formula is C12H14BrN5O. The van der Waals surface area contributed by atoms with Gasteiger partial charge in [-0.1, -0.05) is 21.1 Å². The highest BCUT2D eigenvalue weighted by Gasteiger charge is 2.06. The molecule has 0 aliphatic rings. The van der Waals surface area contributed by atoms with Crippen LogP contribution in [-0.4, -0.2) is 27.4 Å². The van der Waals surface area contributed by atoms with Crippen molar-refractivity contribution in [1.29, 1.82) is 0 Å². The van der Waals surface area contributed by atoms with E-state index in [4.69, 9.17) is 5.73 Å². The molecule has 2 rings (SSSR count). The summed E-state index contributed by atoms with van der Waals surface area (Å²) in [5, 5.41) is 10.6. The Morgan fingerprint density at radius 1 is 1.37 bits per heavy atom. The zero-order chi connectivity index (χ0) is 13.7. The lowest BCUT2D eigenvalue weighted by Crippen LogP contribution is -2.19. The number of hydrogen-bond acceptors (Lipinski definition) is 4. The van der Waals surface area contributed by atoms with Crippen molar-refractivity contribution in [3.63, 3.8) is 0 Å². The van der Waals surface area contributed by atoms with E-state index in [2.05, 4.69) is 31.6 Å². The van der Waals surface area contributed by atoms with Crippen LogP contribution in [0.25, 0.3) is 0 Å². The predicted molar refractivity (Wildman–Crippen MR) is 75.6 cm³/mol. The Kier molecular flexibility index (Phi) is 4.64. The Morgan fingerprint density at radius 3 is 2.79 bits per heavy atom. The highest BCUT2D eigenvalue weighted by molar-refractivity contribution is 9.10. The van der Waals surface area contributed by atoms with Crippen molar-refractivity contribution >= 4 is 27.5 Å². The molecule has 0 aliphatic carbocycles. The number of nitrogens with two attached hydrogens (primary N) is 1. The first kappa shape index (κ1) is 13.7. The minimum absolute atomic E-state index is 0.133. The minimum Gasteiger partial charge on any atom is -0.330 e. The maximum Gasteiger partial charge on any atom is 0.246 e. The minimum atomic E-state index is -0.147. The molecular weight excluding hydrogens is 310 g/mol. The van der Waals surface area contributed by atoms with Gasteiger partial charge in [-0.15, -0.1) is 5.10 Å². The van der Waals surface area contributed by atoms with E-state index in [-0.39, 0.29) is 12.5 Å². The highest BCUT2D eigenvalue weighted by atomic mass is 79.9. The summed E-state index contributed by atoms with van der Waals surface area (Å²) in [6.07, 6.45) is 2.39. The molecule has 1 aromatic heterocycles. The van der Waals surface area contributed by atoms with Crippen LogP contribution in [0.3, 0.4) is 0 Å². The molecule has 1 aromatic carbocycles. The zero-order valence-corrected chi connectivity index (χ0v) is 11.8. The van der Waals surface area contributed by atoms with Gasteiger partial charge < -0.3 is 11.1 Å². The summed E-state index contributed by atoms with van der Waals surface area (Å²) >= 11 is 3.34. The van der Waals surface area contributed by atoms with Gasteiger partial charge in [0.2, 0.25) is 5.91 Å². The van der Waals surface area contributed by atoms with Crippen LogP contribution in [0, 0.1) is 0 Å². The summed E-state index contributed by atoms with van der Waals surface area (Å²) < 4.78 is 2.47. The second-order valence-electron chi connectivity index (χ2n) is 4.00. The number of amides is 1. The SMILES string of the molecule is NCCc1cn(CC(=O)Nc2ccc(Br)cc2)nn1. The van der Waals surface area contributed by atoms with E-state index >= 15 is 0 Å². The molecule has 0 fully saturated rings. The fraction of sp³-hybridized carbons (Fsp3) is 0.250. The lowest BCUT2D eigenvalue weighted by Gasteiger charge is -2.04. The molecule has 0 aliphatic heterocycles. The van der Waals surface area contributed by atoms with Crippen LogP contribution >= 0.6 is 15.9 Å². The fourth-order valence-electron chi connectivity index (χ4n) is 1.56. The smallest absolute Gasteiger partial charge is 0.246 e. The monoisotopic (exact) mass is 323 g/mol. The summed E-state index contributed by atoms with van der Waals surface area (Å²) in [5.74, 6) is -0.147. The van der Waals surface area contributed by atoms with E-state index in [1.54, 1.807) is 6.20 Å². The molecule has 0 saturated carbocycles. The van der Waals surface area contributed by atoms with Crippen molar-refractivity contribution in [1.82, 2.24) is 15.0 Å². The molecule has 6 nitrogen and oxygen atoms in total. The third-order valence-corrected chi connectivity index (χ3v) is 2.95. The van der Waals surface area contributed by atoms with Gasteiger partial charge in [0.1, 0.15) is 6.54 Å². The van der Waals surface area contributed by atoms with Crippen LogP contribution in [0.1, 0.15) is 5.69 Å². The standard InChI is InChI=1S/C12H14BrN5O/c13-9-1-3-10(4-2-9)15-12(19)8-18-7-11(5-6-14)16-17-18/h1-4,7H,5-6,8,14H2,(H,15,19). The second-order valence-corrected chi connectivity index (χ2v) is 4.92. The molecule has 0 atom stereocenters. The Hall–Kier alpha value is -1.73. The van der Waals surface area contributed by atoms with Crippen LogP contribution in [0.5, 0.6) is 0 Å². The first-order valence-electron chi connectivity index (χ1n) is 5.82. The third kappa shape index (κ3) is 4.15. The first-order valence-corrected chi connectivity index (χ1v) is 6.61. The van der Waals surface area contributed by atoms with E-state index in [0.29, 0.717) is 13.0 Å². The number of nitrogens with one attached hydrogen (secondary N) is 1. The van der Waals surface area contributed by atoms with E-state index < -0.39 is 0 Å². The molecule has 0 saturated heterocycles. The Morgan fingerprint density at radius 2 is 2.11 bits per heavy atom. The normalized spacial score (nSPS) is 10.4. The Balaban J connectivity index is 1.91. The molecule has 3 N–H and O–H groups in total. The first-order chi connectivity index (χ1) is 9.17. The maximum absolute atomic E-state index is 11.8. The molecule has 0 unspecified atom stereocenters. The number of halogens is 1. The van der Waals surface area contributed by atoms with Crippen molar-refractivity contribution in [3.8, 4) is 0 Å². The van der Waals surface area contributed by atoms with E-state index in [9.17, 15) is 4.79 Å². The van der Waals surface area contributed by atoms with Gasteiger partial charge in [-0.05, 0) is 30.8 Å². The van der Waals surface area contributed by atoms with Crippen LogP contribution in [0.4, 0.5) is 5.69 Å². The van der Waals surface area contributed by atoms with Crippen molar-refractivity contribution in [3.05, 3.63) is 40.6 Å². The maximum atomic E-state index is 11.8. The number of benzene rings is 1. The van der Waals surface area contributed by atoms with Gasteiger partial charge in [0.25, 0.3) is 0 Å². The Labute approximate surface area is 119 Å². The molecule has 19 heavy (non-hydrogen) atoms. The van der Waals surface area contributed by atoms with Gasteiger partial charge in [-0.2, -0.15) is 0 Å². The van der Waals surface area contributed by atoms with E-state index in [1.807, 2.05) is 24.3 Å². The molecule has 1 amide bonds. The predicted octanol–water partition coefficient (Wildman–Crippen LogP) is 1.18. The highest BCUT2D eigenvalue weighted by Crippen LogP contribution is 2.13. The number of hydrogen-bond donors (Lipinski definition) is 2. The van der Waals surface area contributed by atoms with Crippen LogP contribution in [0.15, 0.2) is 34.9 Å². The van der Waals surface area contributed by atoms with Crippen molar-refractivity contribution < 1.29 is 4.79 Å². The van der Waals surface area contributed by atoms with Crippen LogP contribution in [-0.2, 0) is 17.8 Å². The van der Waals surface area contributed by atoms with Crippen molar-refractivity contribution in [2.45, 2.75) is 13.0 Å². The van der Waals surface area contributed by atoms with Crippen molar-refractivity contribution in [2.75, 3.05) is 11.9 Å². The lowest BCUT2D eigenvalue weighted by molar-refractivity contribution is -0.116. The number of rotatable bonds is 5. The topological polar surface area (TPSA) is 85.8 Å². The molecule has 0 bridgehead atoms. The third-order valence-electron chi connectivity index (χ3n) is 2.42. The van der Waals surface area contributed by atoms with Gasteiger partial charge >= 0.3 is 0 Å². The molecule has 2 aromatic rings. The summed E-state index contributed by atoms with van der Waals surface area (Å²) in [7, 11) is 0. The molecule has 1 heterocycles. The van der Waals surface area contributed by atoms with Gasteiger partial charge in [0.05, 0.1) is 5.69 Å². The number of aromatic nitrogens is 3. The van der Waals surface area contributed by atoms with Gasteiger partial charge in [-0.25, -0.2) is 4.68 Å². The quantitative estimate of drug-likeness (QED) is 0.865. The summed E-state index contributed by atoms with van der Waals surface area (Å²) in [6, 6.07) is 7.38. The summed E-state index contributed by atoms with van der Waals surface area (Å²) in [5.41, 5.74) is 6.96. The summed E-state index contributed by atoms with van der Waals surface area (Å²) in [4.78, 5) is 11.8. The zero-order valence-electron chi connectivity index (χ0n) is 10.2. The van der Waals surface area contributed by atoms with Gasteiger partial charge in [0.15, 0.2) is 0 Å². The van der Waals surface area contributed by atoms with E-state index in [0.717, 1.165) is 15.9 Å². The fourth-order valence-corrected chi connectivity index (χ4v) is 1.82. The van der Waals surface area contributed by atoms with E-state index in [1.165, 1.54) is 4.68 Å². The molecule has 0 radical (unpaired) electrons.